The third-order valence-corrected chi connectivity index (χ3v) is 4.52. The minimum absolute atomic E-state index is 0. The molecule has 2 aromatic carbocycles. The number of hydrogen-bond acceptors (Lipinski definition) is 3. The SMILES string of the molecule is CCCC(=O)Nc1ccc(CNC(=NC)NCCc2cccc(C(=O)NC)c2)cc1.I. The van der Waals surface area contributed by atoms with Gasteiger partial charge >= 0.3 is 0 Å². The van der Waals surface area contributed by atoms with Crippen molar-refractivity contribution in [3.8, 4) is 0 Å². The van der Waals surface area contributed by atoms with Gasteiger partial charge in [0.15, 0.2) is 5.96 Å². The fraction of sp³-hybridized carbons (Fsp3) is 0.348. The number of aliphatic imine (C=N–C) groups is 1. The van der Waals surface area contributed by atoms with Crippen LogP contribution in [0.2, 0.25) is 0 Å². The number of amides is 2. The lowest BCUT2D eigenvalue weighted by Gasteiger charge is -2.13. The van der Waals surface area contributed by atoms with E-state index in [2.05, 4.69) is 26.3 Å². The standard InChI is InChI=1S/C23H31N5O2.HI/c1-4-6-21(29)28-20-11-9-18(10-12-20)16-27-23(25-3)26-14-13-17-7-5-8-19(15-17)22(30)24-2;/h5,7-12,15H,4,6,13-14,16H2,1-3H3,(H,24,30)(H,28,29)(H2,25,26,27);1H. The summed E-state index contributed by atoms with van der Waals surface area (Å²) in [5.41, 5.74) is 3.63. The highest BCUT2D eigenvalue weighted by atomic mass is 127. The van der Waals surface area contributed by atoms with Crippen LogP contribution in [0.5, 0.6) is 0 Å². The summed E-state index contributed by atoms with van der Waals surface area (Å²) in [6, 6.07) is 15.4. The first-order chi connectivity index (χ1) is 14.5. The average Bonchev–Trinajstić information content (AvgIpc) is 2.77. The first kappa shape index (κ1) is 26.4. The second-order valence-corrected chi connectivity index (χ2v) is 6.88. The fourth-order valence-electron chi connectivity index (χ4n) is 2.90. The van der Waals surface area contributed by atoms with Crippen molar-refractivity contribution >= 4 is 47.4 Å². The van der Waals surface area contributed by atoms with Crippen molar-refractivity contribution in [2.75, 3.05) is 26.0 Å². The zero-order valence-corrected chi connectivity index (χ0v) is 20.7. The van der Waals surface area contributed by atoms with E-state index in [0.29, 0.717) is 31.0 Å². The lowest BCUT2D eigenvalue weighted by atomic mass is 10.1. The summed E-state index contributed by atoms with van der Waals surface area (Å²) in [6.07, 6.45) is 2.14. The van der Waals surface area contributed by atoms with Crippen molar-refractivity contribution in [1.82, 2.24) is 16.0 Å². The smallest absolute Gasteiger partial charge is 0.251 e. The van der Waals surface area contributed by atoms with Crippen LogP contribution in [0.3, 0.4) is 0 Å². The van der Waals surface area contributed by atoms with Crippen LogP contribution in [0.4, 0.5) is 5.69 Å². The second kappa shape index (κ2) is 14.4. The molecule has 8 heteroatoms. The average molecular weight is 537 g/mol. The Balaban J connectivity index is 0.00000480. The van der Waals surface area contributed by atoms with Crippen molar-refractivity contribution in [3.05, 3.63) is 65.2 Å². The zero-order valence-electron chi connectivity index (χ0n) is 18.3. The van der Waals surface area contributed by atoms with E-state index in [-0.39, 0.29) is 35.8 Å². The Morgan fingerprint density at radius 3 is 2.39 bits per heavy atom. The molecule has 0 saturated carbocycles. The van der Waals surface area contributed by atoms with E-state index in [1.807, 2.05) is 49.4 Å². The van der Waals surface area contributed by atoms with Crippen LogP contribution >= 0.6 is 24.0 Å². The fourth-order valence-corrected chi connectivity index (χ4v) is 2.90. The van der Waals surface area contributed by atoms with Gasteiger partial charge in [0.1, 0.15) is 0 Å². The van der Waals surface area contributed by atoms with E-state index in [0.717, 1.165) is 29.7 Å². The van der Waals surface area contributed by atoms with Gasteiger partial charge in [-0.25, -0.2) is 0 Å². The highest BCUT2D eigenvalue weighted by molar-refractivity contribution is 14.0. The molecule has 2 amide bonds. The number of halogens is 1. The van der Waals surface area contributed by atoms with Crippen LogP contribution < -0.4 is 21.3 Å². The Labute approximate surface area is 201 Å². The highest BCUT2D eigenvalue weighted by Gasteiger charge is 2.05. The molecule has 0 fully saturated rings. The summed E-state index contributed by atoms with van der Waals surface area (Å²) in [5, 5.41) is 12.1. The molecule has 0 radical (unpaired) electrons. The largest absolute Gasteiger partial charge is 0.356 e. The Bertz CT molecular complexity index is 869. The molecule has 0 aliphatic heterocycles. The van der Waals surface area contributed by atoms with E-state index in [4.69, 9.17) is 0 Å². The molecule has 0 saturated heterocycles. The molecule has 0 spiro atoms. The molecule has 0 atom stereocenters. The topological polar surface area (TPSA) is 94.6 Å². The van der Waals surface area contributed by atoms with Crippen LogP contribution in [0.25, 0.3) is 0 Å². The van der Waals surface area contributed by atoms with E-state index >= 15 is 0 Å². The van der Waals surface area contributed by atoms with Gasteiger partial charge in [-0.3, -0.25) is 14.6 Å². The van der Waals surface area contributed by atoms with E-state index < -0.39 is 0 Å². The molecule has 0 aliphatic rings. The molecule has 168 valence electrons. The van der Waals surface area contributed by atoms with Gasteiger partial charge in [0.05, 0.1) is 0 Å². The first-order valence-electron chi connectivity index (χ1n) is 10.2. The molecule has 31 heavy (non-hydrogen) atoms. The number of anilines is 1. The minimum Gasteiger partial charge on any atom is -0.356 e. The van der Waals surface area contributed by atoms with Crippen molar-refractivity contribution in [1.29, 1.82) is 0 Å². The summed E-state index contributed by atoms with van der Waals surface area (Å²) >= 11 is 0. The van der Waals surface area contributed by atoms with Crippen LogP contribution in [0, 0.1) is 0 Å². The summed E-state index contributed by atoms with van der Waals surface area (Å²) in [4.78, 5) is 27.6. The van der Waals surface area contributed by atoms with Crippen molar-refractivity contribution < 1.29 is 9.59 Å². The Kier molecular flexibility index (Phi) is 12.3. The predicted molar refractivity (Wildman–Crippen MR) is 137 cm³/mol. The molecular formula is C23H32IN5O2. The predicted octanol–water partition coefficient (Wildman–Crippen LogP) is 3.31. The Morgan fingerprint density at radius 1 is 1.00 bits per heavy atom. The molecule has 0 aliphatic carbocycles. The Morgan fingerprint density at radius 2 is 1.74 bits per heavy atom. The van der Waals surface area contributed by atoms with Gasteiger partial charge in [0.25, 0.3) is 5.91 Å². The number of hydrogen-bond donors (Lipinski definition) is 4. The molecule has 0 heterocycles. The van der Waals surface area contributed by atoms with Crippen LogP contribution in [-0.2, 0) is 17.8 Å². The van der Waals surface area contributed by atoms with Gasteiger partial charge in [0.2, 0.25) is 5.91 Å². The zero-order chi connectivity index (χ0) is 21.8. The van der Waals surface area contributed by atoms with Crippen LogP contribution in [-0.4, -0.2) is 38.4 Å². The molecule has 0 bridgehead atoms. The molecule has 7 nitrogen and oxygen atoms in total. The number of carbonyl (C=O) groups excluding carboxylic acids is 2. The van der Waals surface area contributed by atoms with Crippen molar-refractivity contribution in [2.45, 2.75) is 32.7 Å². The lowest BCUT2D eigenvalue weighted by Crippen LogP contribution is -2.37. The third kappa shape index (κ3) is 9.37. The number of rotatable bonds is 9. The number of nitrogens with one attached hydrogen (secondary N) is 4. The Hall–Kier alpha value is -2.62. The van der Waals surface area contributed by atoms with Crippen LogP contribution in [0.1, 0.15) is 41.3 Å². The van der Waals surface area contributed by atoms with Crippen LogP contribution in [0.15, 0.2) is 53.5 Å². The van der Waals surface area contributed by atoms with Gasteiger partial charge in [-0.15, -0.1) is 24.0 Å². The maximum atomic E-state index is 11.7. The minimum atomic E-state index is -0.0850. The number of benzene rings is 2. The summed E-state index contributed by atoms with van der Waals surface area (Å²) in [7, 11) is 3.36. The number of carbonyl (C=O) groups is 2. The summed E-state index contributed by atoms with van der Waals surface area (Å²) < 4.78 is 0. The molecule has 0 unspecified atom stereocenters. The summed E-state index contributed by atoms with van der Waals surface area (Å²) in [6.45, 7) is 3.30. The van der Waals surface area contributed by atoms with E-state index in [1.54, 1.807) is 20.2 Å². The first-order valence-corrected chi connectivity index (χ1v) is 10.2. The molecule has 4 N–H and O–H groups in total. The quantitative estimate of drug-likeness (QED) is 0.224. The third-order valence-electron chi connectivity index (χ3n) is 4.52. The van der Waals surface area contributed by atoms with Gasteiger partial charge < -0.3 is 21.3 Å². The molecule has 0 aromatic heterocycles. The molecule has 2 rings (SSSR count). The van der Waals surface area contributed by atoms with Crippen molar-refractivity contribution in [2.24, 2.45) is 4.99 Å². The van der Waals surface area contributed by atoms with Gasteiger partial charge in [-0.1, -0.05) is 31.2 Å². The monoisotopic (exact) mass is 537 g/mol. The van der Waals surface area contributed by atoms with Crippen molar-refractivity contribution in [3.63, 3.8) is 0 Å². The van der Waals surface area contributed by atoms with Gasteiger partial charge in [0, 0.05) is 44.9 Å². The normalized spacial score (nSPS) is 10.6. The maximum Gasteiger partial charge on any atom is 0.251 e. The number of guanidine groups is 1. The van der Waals surface area contributed by atoms with E-state index in [1.165, 1.54) is 0 Å². The highest BCUT2D eigenvalue weighted by Crippen LogP contribution is 2.10. The summed E-state index contributed by atoms with van der Waals surface area (Å²) in [5.74, 6) is 0.657. The maximum absolute atomic E-state index is 11.7. The second-order valence-electron chi connectivity index (χ2n) is 6.88. The lowest BCUT2D eigenvalue weighted by molar-refractivity contribution is -0.116. The van der Waals surface area contributed by atoms with Gasteiger partial charge in [-0.2, -0.15) is 0 Å². The molecular weight excluding hydrogens is 505 g/mol. The van der Waals surface area contributed by atoms with Gasteiger partial charge in [-0.05, 0) is 48.2 Å². The molecule has 2 aromatic rings. The van der Waals surface area contributed by atoms with E-state index in [9.17, 15) is 9.59 Å². The number of nitrogens with zero attached hydrogens (tertiary/aromatic N) is 1.